The minimum atomic E-state index is 0.355. The van der Waals surface area contributed by atoms with Crippen LogP contribution in [0.5, 0.6) is 11.5 Å². The van der Waals surface area contributed by atoms with Crippen molar-refractivity contribution in [3.8, 4) is 11.5 Å². The minimum absolute atomic E-state index is 0.355. The summed E-state index contributed by atoms with van der Waals surface area (Å²) < 4.78 is 11.0. The van der Waals surface area contributed by atoms with Crippen LogP contribution in [0.25, 0.3) is 0 Å². The summed E-state index contributed by atoms with van der Waals surface area (Å²) >= 11 is 7.41. The van der Waals surface area contributed by atoms with Gasteiger partial charge in [0.2, 0.25) is 0 Å². The van der Waals surface area contributed by atoms with Crippen molar-refractivity contribution in [3.05, 3.63) is 34.0 Å². The molecule has 0 aromatic carbocycles. The largest absolute Gasteiger partial charge is 0.491 e. The lowest BCUT2D eigenvalue weighted by Crippen LogP contribution is -2.03. The second-order valence-electron chi connectivity index (χ2n) is 3.92. The van der Waals surface area contributed by atoms with Crippen molar-refractivity contribution in [1.82, 2.24) is 9.97 Å². The third kappa shape index (κ3) is 3.58. The summed E-state index contributed by atoms with van der Waals surface area (Å²) in [5, 5.41) is 0. The Balaban J connectivity index is 2.00. The highest BCUT2D eigenvalue weighted by Gasteiger charge is 2.08. The molecule has 0 saturated heterocycles. The van der Waals surface area contributed by atoms with Gasteiger partial charge in [0.05, 0.1) is 42.7 Å². The first-order valence-electron chi connectivity index (χ1n) is 5.85. The third-order valence-corrected chi connectivity index (χ3v) is 3.95. The van der Waals surface area contributed by atoms with Gasteiger partial charge < -0.3 is 9.47 Å². The summed E-state index contributed by atoms with van der Waals surface area (Å²) in [6, 6.07) is 1.81. The number of rotatable bonds is 6. The van der Waals surface area contributed by atoms with E-state index in [1.165, 1.54) is 4.88 Å². The maximum absolute atomic E-state index is 5.77. The van der Waals surface area contributed by atoms with E-state index in [9.17, 15) is 0 Å². The first kappa shape index (κ1) is 14.1. The number of halogens is 1. The molecule has 0 radical (unpaired) electrons. The van der Waals surface area contributed by atoms with Gasteiger partial charge in [0.1, 0.15) is 0 Å². The average Bonchev–Trinajstić information content (AvgIpc) is 2.84. The van der Waals surface area contributed by atoms with E-state index in [0.717, 1.165) is 17.8 Å². The predicted molar refractivity (Wildman–Crippen MR) is 76.4 cm³/mol. The maximum Gasteiger partial charge on any atom is 0.179 e. The Bertz CT molecular complexity index is 545. The molecule has 0 N–H and O–H groups in total. The van der Waals surface area contributed by atoms with E-state index in [1.807, 2.05) is 18.5 Å². The van der Waals surface area contributed by atoms with E-state index in [1.54, 1.807) is 24.6 Å². The summed E-state index contributed by atoms with van der Waals surface area (Å²) in [6.45, 7) is 2.58. The molecule has 2 heterocycles. The highest BCUT2D eigenvalue weighted by molar-refractivity contribution is 7.09. The zero-order chi connectivity index (χ0) is 13.7. The Morgan fingerprint density at radius 1 is 1.32 bits per heavy atom. The lowest BCUT2D eigenvalue weighted by molar-refractivity contribution is 0.297. The van der Waals surface area contributed by atoms with E-state index < -0.39 is 0 Å². The number of methoxy groups -OCH3 is 1. The van der Waals surface area contributed by atoms with Gasteiger partial charge in [-0.1, -0.05) is 0 Å². The van der Waals surface area contributed by atoms with E-state index in [-0.39, 0.29) is 0 Å². The van der Waals surface area contributed by atoms with Gasteiger partial charge in [-0.05, 0) is 6.92 Å². The number of aryl methyl sites for hydroxylation is 1. The Morgan fingerprint density at radius 2 is 2.16 bits per heavy atom. The predicted octanol–water partition coefficient (Wildman–Crippen LogP) is 3.22. The van der Waals surface area contributed by atoms with Crippen LogP contribution in [0, 0.1) is 6.92 Å². The number of pyridine rings is 1. The van der Waals surface area contributed by atoms with Crippen molar-refractivity contribution in [3.63, 3.8) is 0 Å². The molecule has 0 amide bonds. The van der Waals surface area contributed by atoms with Crippen LogP contribution >= 0.6 is 22.9 Å². The number of ether oxygens (including phenoxy) is 2. The zero-order valence-corrected chi connectivity index (χ0v) is 12.4. The number of hydrogen-bond donors (Lipinski definition) is 0. The van der Waals surface area contributed by atoms with Crippen molar-refractivity contribution >= 4 is 22.9 Å². The van der Waals surface area contributed by atoms with Crippen LogP contribution in [0.4, 0.5) is 0 Å². The van der Waals surface area contributed by atoms with Crippen molar-refractivity contribution in [2.45, 2.75) is 19.2 Å². The summed E-state index contributed by atoms with van der Waals surface area (Å²) in [7, 11) is 1.59. The molecule has 0 spiro atoms. The molecule has 0 aliphatic rings. The van der Waals surface area contributed by atoms with Crippen LogP contribution in [0.2, 0.25) is 0 Å². The summed E-state index contributed by atoms with van der Waals surface area (Å²) in [4.78, 5) is 9.61. The zero-order valence-electron chi connectivity index (χ0n) is 10.9. The van der Waals surface area contributed by atoms with E-state index in [0.29, 0.717) is 24.0 Å². The molecule has 2 rings (SSSR count). The lowest BCUT2D eigenvalue weighted by atomic mass is 10.3. The lowest BCUT2D eigenvalue weighted by Gasteiger charge is -2.10. The number of hydrogen-bond acceptors (Lipinski definition) is 5. The van der Waals surface area contributed by atoms with Gasteiger partial charge in [0.15, 0.2) is 11.5 Å². The second kappa shape index (κ2) is 6.73. The molecule has 2 aromatic heterocycles. The molecule has 4 nitrogen and oxygen atoms in total. The Labute approximate surface area is 121 Å². The Morgan fingerprint density at radius 3 is 2.79 bits per heavy atom. The third-order valence-electron chi connectivity index (χ3n) is 2.68. The minimum Gasteiger partial charge on any atom is -0.491 e. The Kier molecular flexibility index (Phi) is 4.99. The van der Waals surface area contributed by atoms with E-state index in [4.69, 9.17) is 21.1 Å². The quantitative estimate of drug-likeness (QED) is 0.768. The standard InChI is InChI=1S/C13H15ClN2O2S/c1-9-13(19-8-16-9)3-4-18-11-5-10(6-14)15-7-12(11)17-2/h5,7-8H,3-4,6H2,1-2H3. The molecule has 19 heavy (non-hydrogen) atoms. The molecule has 0 bridgehead atoms. The van der Waals surface area contributed by atoms with Crippen LogP contribution in [0.3, 0.4) is 0 Å². The van der Waals surface area contributed by atoms with Gasteiger partial charge in [-0.25, -0.2) is 4.98 Å². The number of aromatic nitrogens is 2. The fourth-order valence-electron chi connectivity index (χ4n) is 1.62. The first-order chi connectivity index (χ1) is 9.24. The van der Waals surface area contributed by atoms with Gasteiger partial charge in [-0.3, -0.25) is 4.98 Å². The van der Waals surface area contributed by atoms with Gasteiger partial charge in [0.25, 0.3) is 0 Å². The number of thiazole rings is 1. The van der Waals surface area contributed by atoms with Crippen molar-refractivity contribution in [2.24, 2.45) is 0 Å². The van der Waals surface area contributed by atoms with Crippen molar-refractivity contribution in [1.29, 1.82) is 0 Å². The average molecular weight is 299 g/mol. The first-order valence-corrected chi connectivity index (χ1v) is 7.26. The molecular formula is C13H15ClN2O2S. The molecule has 102 valence electrons. The summed E-state index contributed by atoms with van der Waals surface area (Å²) in [5.74, 6) is 1.65. The maximum atomic E-state index is 5.77. The SMILES string of the molecule is COc1cnc(CCl)cc1OCCc1scnc1C. The molecule has 0 unspecified atom stereocenters. The van der Waals surface area contributed by atoms with Crippen LogP contribution in [0.1, 0.15) is 16.3 Å². The molecule has 2 aromatic rings. The van der Waals surface area contributed by atoms with Gasteiger partial charge >= 0.3 is 0 Å². The van der Waals surface area contributed by atoms with Crippen LogP contribution < -0.4 is 9.47 Å². The highest BCUT2D eigenvalue weighted by atomic mass is 35.5. The van der Waals surface area contributed by atoms with Crippen LogP contribution in [-0.2, 0) is 12.3 Å². The van der Waals surface area contributed by atoms with Crippen LogP contribution in [0.15, 0.2) is 17.8 Å². The number of alkyl halides is 1. The van der Waals surface area contributed by atoms with Gasteiger partial charge in [-0.15, -0.1) is 22.9 Å². The van der Waals surface area contributed by atoms with Crippen molar-refractivity contribution in [2.75, 3.05) is 13.7 Å². The molecule has 6 heteroatoms. The Hall–Kier alpha value is -1.33. The number of nitrogens with zero attached hydrogens (tertiary/aromatic N) is 2. The van der Waals surface area contributed by atoms with E-state index >= 15 is 0 Å². The van der Waals surface area contributed by atoms with Crippen LogP contribution in [-0.4, -0.2) is 23.7 Å². The molecular weight excluding hydrogens is 284 g/mol. The molecule has 0 aliphatic heterocycles. The summed E-state index contributed by atoms with van der Waals surface area (Å²) in [6.07, 6.45) is 2.46. The summed E-state index contributed by atoms with van der Waals surface area (Å²) in [5.41, 5.74) is 3.69. The van der Waals surface area contributed by atoms with Gasteiger partial charge in [0, 0.05) is 17.4 Å². The fourth-order valence-corrected chi connectivity index (χ4v) is 2.53. The molecule has 0 aliphatic carbocycles. The molecule has 0 saturated carbocycles. The van der Waals surface area contributed by atoms with Crippen molar-refractivity contribution < 1.29 is 9.47 Å². The topological polar surface area (TPSA) is 44.2 Å². The van der Waals surface area contributed by atoms with E-state index in [2.05, 4.69) is 9.97 Å². The normalized spacial score (nSPS) is 10.5. The smallest absolute Gasteiger partial charge is 0.179 e. The fraction of sp³-hybridized carbons (Fsp3) is 0.385. The second-order valence-corrected chi connectivity index (χ2v) is 5.13. The monoisotopic (exact) mass is 298 g/mol. The molecule has 0 atom stereocenters. The molecule has 0 fully saturated rings. The van der Waals surface area contributed by atoms with Gasteiger partial charge in [-0.2, -0.15) is 0 Å². The highest BCUT2D eigenvalue weighted by Crippen LogP contribution is 2.27.